The zero-order valence-electron chi connectivity index (χ0n) is 11.8. The van der Waals surface area contributed by atoms with Gasteiger partial charge in [0.15, 0.2) is 0 Å². The van der Waals surface area contributed by atoms with Gasteiger partial charge in [-0.2, -0.15) is 0 Å². The Morgan fingerprint density at radius 1 is 0.895 bits per heavy atom. The quantitative estimate of drug-likeness (QED) is 0.814. The minimum absolute atomic E-state index is 0.00611. The summed E-state index contributed by atoms with van der Waals surface area (Å²) in [5, 5.41) is 0. The molecule has 1 unspecified atom stereocenters. The van der Waals surface area contributed by atoms with Crippen LogP contribution in [0, 0.1) is 0 Å². The third-order valence-corrected chi connectivity index (χ3v) is 3.24. The molecule has 0 heterocycles. The first-order valence-corrected chi connectivity index (χ1v) is 6.68. The molecule has 0 amide bonds. The van der Waals surface area contributed by atoms with Crippen LogP contribution in [0.1, 0.15) is 43.9 Å². The lowest BCUT2D eigenvalue weighted by Gasteiger charge is -2.16. The Morgan fingerprint density at radius 3 is 2.16 bits per heavy atom. The van der Waals surface area contributed by atoms with Crippen LogP contribution in [0.25, 0.3) is 0 Å². The lowest BCUT2D eigenvalue weighted by Crippen LogP contribution is -2.03. The maximum Gasteiger partial charge on any atom is 0.121 e. The molecule has 0 fully saturated rings. The molecule has 2 rings (SSSR count). The molecule has 100 valence electrons. The van der Waals surface area contributed by atoms with E-state index in [4.69, 9.17) is 10.5 Å². The molecule has 0 bridgehead atoms. The summed E-state index contributed by atoms with van der Waals surface area (Å²) in [5.41, 5.74) is 8.97. The zero-order valence-corrected chi connectivity index (χ0v) is 11.8. The number of nitrogen functional groups attached to an aromatic ring is 1. The van der Waals surface area contributed by atoms with E-state index in [-0.39, 0.29) is 6.10 Å². The third kappa shape index (κ3) is 3.50. The Labute approximate surface area is 115 Å². The minimum atomic E-state index is -0.00611. The van der Waals surface area contributed by atoms with Gasteiger partial charge in [0.25, 0.3) is 0 Å². The molecule has 0 aliphatic carbocycles. The molecule has 0 radical (unpaired) electrons. The van der Waals surface area contributed by atoms with Crippen LogP contribution in [-0.2, 0) is 0 Å². The molecular weight excluding hydrogens is 234 g/mol. The average molecular weight is 255 g/mol. The first-order chi connectivity index (χ1) is 9.06. The molecule has 0 saturated carbocycles. The molecule has 2 N–H and O–H groups in total. The summed E-state index contributed by atoms with van der Waals surface area (Å²) < 4.78 is 5.93. The number of nitrogens with two attached hydrogens (primary N) is 1. The van der Waals surface area contributed by atoms with Gasteiger partial charge < -0.3 is 10.5 Å². The SMILES string of the molecule is CC(C)c1ccc(OC(C)c2cccc(N)c2)cc1. The standard InChI is InChI=1S/C17H21NO/c1-12(2)14-7-9-17(10-8-14)19-13(3)15-5-4-6-16(18)11-15/h4-13H,18H2,1-3H3. The fraction of sp³-hybridized carbons (Fsp3) is 0.294. The van der Waals surface area contributed by atoms with Crippen LogP contribution in [0.2, 0.25) is 0 Å². The average Bonchev–Trinajstić information content (AvgIpc) is 2.39. The Bertz CT molecular complexity index is 531. The second-order valence-electron chi connectivity index (χ2n) is 5.15. The second kappa shape index (κ2) is 5.79. The zero-order chi connectivity index (χ0) is 13.8. The highest BCUT2D eigenvalue weighted by atomic mass is 16.5. The van der Waals surface area contributed by atoms with Crippen molar-refractivity contribution in [2.75, 3.05) is 5.73 Å². The molecule has 2 heteroatoms. The fourth-order valence-corrected chi connectivity index (χ4v) is 2.02. The Kier molecular flexibility index (Phi) is 4.10. The normalized spacial score (nSPS) is 12.4. The van der Waals surface area contributed by atoms with Gasteiger partial charge in [-0.15, -0.1) is 0 Å². The number of benzene rings is 2. The van der Waals surface area contributed by atoms with Crippen molar-refractivity contribution in [2.45, 2.75) is 32.8 Å². The van der Waals surface area contributed by atoms with Gasteiger partial charge in [0.1, 0.15) is 11.9 Å². The van der Waals surface area contributed by atoms with E-state index < -0.39 is 0 Å². The van der Waals surface area contributed by atoms with Gasteiger partial charge in [-0.1, -0.05) is 38.1 Å². The van der Waals surface area contributed by atoms with Gasteiger partial charge in [0, 0.05) is 5.69 Å². The number of anilines is 1. The van der Waals surface area contributed by atoms with Gasteiger partial charge in [0.05, 0.1) is 0 Å². The van der Waals surface area contributed by atoms with Crippen molar-refractivity contribution in [3.8, 4) is 5.75 Å². The molecule has 1 atom stereocenters. The Morgan fingerprint density at radius 2 is 1.58 bits per heavy atom. The van der Waals surface area contributed by atoms with Gasteiger partial charge in [-0.25, -0.2) is 0 Å². The van der Waals surface area contributed by atoms with Crippen LogP contribution in [0.4, 0.5) is 5.69 Å². The van der Waals surface area contributed by atoms with E-state index >= 15 is 0 Å². The van der Waals surface area contributed by atoms with Gasteiger partial charge in [-0.05, 0) is 48.2 Å². The highest BCUT2D eigenvalue weighted by Gasteiger charge is 2.08. The van der Waals surface area contributed by atoms with E-state index in [0.717, 1.165) is 17.0 Å². The van der Waals surface area contributed by atoms with Crippen LogP contribution >= 0.6 is 0 Å². The maximum atomic E-state index is 5.93. The van der Waals surface area contributed by atoms with Crippen molar-refractivity contribution in [1.29, 1.82) is 0 Å². The maximum absolute atomic E-state index is 5.93. The highest BCUT2D eigenvalue weighted by Crippen LogP contribution is 2.24. The second-order valence-corrected chi connectivity index (χ2v) is 5.15. The van der Waals surface area contributed by atoms with Crippen LogP contribution in [-0.4, -0.2) is 0 Å². The molecule has 0 aliphatic rings. The van der Waals surface area contributed by atoms with Crippen LogP contribution in [0.3, 0.4) is 0 Å². The summed E-state index contributed by atoms with van der Waals surface area (Å²) in [7, 11) is 0. The molecule has 0 spiro atoms. The summed E-state index contributed by atoms with van der Waals surface area (Å²) >= 11 is 0. The van der Waals surface area contributed by atoms with Crippen molar-refractivity contribution >= 4 is 5.69 Å². The first kappa shape index (κ1) is 13.5. The third-order valence-electron chi connectivity index (χ3n) is 3.24. The van der Waals surface area contributed by atoms with E-state index in [1.54, 1.807) is 0 Å². The number of ether oxygens (including phenoxy) is 1. The van der Waals surface area contributed by atoms with Gasteiger partial charge in [0.2, 0.25) is 0 Å². The Hall–Kier alpha value is -1.96. The largest absolute Gasteiger partial charge is 0.486 e. The van der Waals surface area contributed by atoms with Crippen molar-refractivity contribution in [1.82, 2.24) is 0 Å². The molecule has 0 saturated heterocycles. The van der Waals surface area contributed by atoms with Gasteiger partial charge >= 0.3 is 0 Å². The molecule has 2 aromatic rings. The molecule has 0 aromatic heterocycles. The van der Waals surface area contributed by atoms with Crippen molar-refractivity contribution < 1.29 is 4.74 Å². The van der Waals surface area contributed by atoms with Crippen molar-refractivity contribution in [3.05, 3.63) is 59.7 Å². The first-order valence-electron chi connectivity index (χ1n) is 6.68. The molecule has 0 aliphatic heterocycles. The van der Waals surface area contributed by atoms with Crippen LogP contribution in [0.5, 0.6) is 5.75 Å². The lowest BCUT2D eigenvalue weighted by molar-refractivity contribution is 0.227. The molecule has 2 nitrogen and oxygen atoms in total. The summed E-state index contributed by atoms with van der Waals surface area (Å²) in [6, 6.07) is 16.1. The van der Waals surface area contributed by atoms with E-state index in [0.29, 0.717) is 5.92 Å². The predicted molar refractivity (Wildman–Crippen MR) is 80.4 cm³/mol. The van der Waals surface area contributed by atoms with Gasteiger partial charge in [-0.3, -0.25) is 0 Å². The lowest BCUT2D eigenvalue weighted by atomic mass is 10.0. The van der Waals surface area contributed by atoms with E-state index in [9.17, 15) is 0 Å². The number of hydrogen-bond acceptors (Lipinski definition) is 2. The summed E-state index contributed by atoms with van der Waals surface area (Å²) in [4.78, 5) is 0. The predicted octanol–water partition coefficient (Wildman–Crippen LogP) is 4.53. The van der Waals surface area contributed by atoms with Crippen molar-refractivity contribution in [3.63, 3.8) is 0 Å². The topological polar surface area (TPSA) is 35.2 Å². The van der Waals surface area contributed by atoms with E-state index in [1.807, 2.05) is 43.3 Å². The van der Waals surface area contributed by atoms with E-state index in [2.05, 4.69) is 26.0 Å². The van der Waals surface area contributed by atoms with Crippen molar-refractivity contribution in [2.24, 2.45) is 0 Å². The van der Waals surface area contributed by atoms with Crippen LogP contribution < -0.4 is 10.5 Å². The smallest absolute Gasteiger partial charge is 0.121 e. The minimum Gasteiger partial charge on any atom is -0.486 e. The van der Waals surface area contributed by atoms with E-state index in [1.165, 1.54) is 5.56 Å². The summed E-state index contributed by atoms with van der Waals surface area (Å²) in [5.74, 6) is 1.43. The Balaban J connectivity index is 2.08. The molecular formula is C17H21NO. The molecule has 2 aromatic carbocycles. The summed E-state index contributed by atoms with van der Waals surface area (Å²) in [6.07, 6.45) is -0.00611. The monoisotopic (exact) mass is 255 g/mol. The van der Waals surface area contributed by atoms with Crippen LogP contribution in [0.15, 0.2) is 48.5 Å². The number of hydrogen-bond donors (Lipinski definition) is 1. The molecule has 19 heavy (non-hydrogen) atoms. The summed E-state index contributed by atoms with van der Waals surface area (Å²) in [6.45, 7) is 6.40. The fourth-order valence-electron chi connectivity index (χ4n) is 2.02. The number of rotatable bonds is 4. The highest BCUT2D eigenvalue weighted by molar-refractivity contribution is 5.41.